The van der Waals surface area contributed by atoms with Gasteiger partial charge in [0, 0.05) is 24.2 Å². The van der Waals surface area contributed by atoms with Crippen molar-refractivity contribution < 1.29 is 9.15 Å². The average molecular weight is 388 g/mol. The van der Waals surface area contributed by atoms with E-state index in [-0.39, 0.29) is 0 Å². The van der Waals surface area contributed by atoms with Gasteiger partial charge < -0.3 is 9.15 Å². The van der Waals surface area contributed by atoms with Crippen LogP contribution >= 0.6 is 0 Å². The molecular weight excluding hydrogens is 368 g/mol. The van der Waals surface area contributed by atoms with Crippen molar-refractivity contribution >= 4 is 5.65 Å². The number of ether oxygens (including phenoxy) is 1. The Morgan fingerprint density at radius 3 is 2.66 bits per heavy atom. The van der Waals surface area contributed by atoms with Crippen LogP contribution in [0.25, 0.3) is 17.2 Å². The molecule has 29 heavy (non-hydrogen) atoms. The summed E-state index contributed by atoms with van der Waals surface area (Å²) in [6.45, 7) is 2.19. The SMILES string of the molecule is Cc1nc(-c2nnc3c4c(c(OCc5ccccn5)nn23)C2CCC4CC2)co1. The van der Waals surface area contributed by atoms with E-state index in [1.54, 1.807) is 17.0 Å². The van der Waals surface area contributed by atoms with Gasteiger partial charge in [0.05, 0.1) is 5.69 Å². The number of hydrogen-bond donors (Lipinski definition) is 0. The standard InChI is InChI=1S/C21H20N6O2/c1-12-23-16(11-28-12)19-24-25-20-17-13-5-7-14(8-6-13)18(17)21(26-27(19)20)29-10-15-4-2-3-9-22-15/h2-4,9,11,13-14H,5-8,10H2,1H3. The van der Waals surface area contributed by atoms with Gasteiger partial charge in [0.2, 0.25) is 11.7 Å². The van der Waals surface area contributed by atoms with E-state index in [1.165, 1.54) is 36.8 Å². The molecule has 0 aromatic carbocycles. The molecule has 0 amide bonds. The van der Waals surface area contributed by atoms with E-state index in [1.807, 2.05) is 25.1 Å². The highest BCUT2D eigenvalue weighted by atomic mass is 16.5. The zero-order valence-corrected chi connectivity index (χ0v) is 16.1. The number of aryl methyl sites for hydroxylation is 1. The predicted molar refractivity (Wildman–Crippen MR) is 104 cm³/mol. The molecule has 0 N–H and O–H groups in total. The second-order valence-corrected chi connectivity index (χ2v) is 7.80. The summed E-state index contributed by atoms with van der Waals surface area (Å²) >= 11 is 0. The van der Waals surface area contributed by atoms with Crippen molar-refractivity contribution in [3.63, 3.8) is 0 Å². The minimum Gasteiger partial charge on any atom is -0.470 e. The summed E-state index contributed by atoms with van der Waals surface area (Å²) in [5, 5.41) is 13.7. The first-order chi connectivity index (χ1) is 14.3. The molecule has 146 valence electrons. The van der Waals surface area contributed by atoms with E-state index in [0.717, 1.165) is 11.3 Å². The van der Waals surface area contributed by atoms with Crippen molar-refractivity contribution in [2.45, 2.75) is 51.0 Å². The Morgan fingerprint density at radius 2 is 1.93 bits per heavy atom. The highest BCUT2D eigenvalue weighted by molar-refractivity contribution is 5.63. The summed E-state index contributed by atoms with van der Waals surface area (Å²) < 4.78 is 13.4. The predicted octanol–water partition coefficient (Wildman–Crippen LogP) is 3.82. The van der Waals surface area contributed by atoms with Crippen LogP contribution < -0.4 is 4.74 Å². The lowest BCUT2D eigenvalue weighted by Gasteiger charge is -2.38. The molecule has 0 saturated heterocycles. The molecule has 8 heteroatoms. The molecule has 3 aliphatic rings. The molecule has 7 rings (SSSR count). The van der Waals surface area contributed by atoms with Crippen LogP contribution in [0.5, 0.6) is 5.88 Å². The highest BCUT2D eigenvalue weighted by Gasteiger charge is 2.39. The van der Waals surface area contributed by atoms with Gasteiger partial charge in [0.25, 0.3) is 0 Å². The van der Waals surface area contributed by atoms with Crippen LogP contribution in [0, 0.1) is 6.92 Å². The largest absolute Gasteiger partial charge is 0.470 e. The molecule has 4 aromatic heterocycles. The maximum atomic E-state index is 6.22. The number of hydrogen-bond acceptors (Lipinski definition) is 7. The first-order valence-electron chi connectivity index (χ1n) is 10.0. The van der Waals surface area contributed by atoms with Crippen LogP contribution in [0.2, 0.25) is 0 Å². The normalized spacial score (nSPS) is 20.2. The molecule has 1 saturated carbocycles. The Balaban J connectivity index is 1.51. The summed E-state index contributed by atoms with van der Waals surface area (Å²) in [4.78, 5) is 8.77. The van der Waals surface area contributed by atoms with Crippen molar-refractivity contribution in [1.82, 2.24) is 29.8 Å². The molecule has 8 nitrogen and oxygen atoms in total. The molecule has 0 spiro atoms. The van der Waals surface area contributed by atoms with Gasteiger partial charge in [-0.2, -0.15) is 4.52 Å². The highest BCUT2D eigenvalue weighted by Crippen LogP contribution is 2.53. The van der Waals surface area contributed by atoms with Gasteiger partial charge in [-0.3, -0.25) is 4.98 Å². The topological polar surface area (TPSA) is 91.2 Å². The number of aromatic nitrogens is 6. The third-order valence-electron chi connectivity index (χ3n) is 6.07. The number of nitrogens with zero attached hydrogens (tertiary/aromatic N) is 6. The Labute approximate surface area is 167 Å². The fourth-order valence-corrected chi connectivity index (χ4v) is 4.75. The molecule has 4 heterocycles. The van der Waals surface area contributed by atoms with Crippen LogP contribution in [0.1, 0.15) is 60.2 Å². The molecule has 0 radical (unpaired) electrons. The monoisotopic (exact) mass is 388 g/mol. The second kappa shape index (κ2) is 6.37. The Kier molecular flexibility index (Phi) is 3.65. The summed E-state index contributed by atoms with van der Waals surface area (Å²) in [5.41, 5.74) is 4.78. The van der Waals surface area contributed by atoms with Crippen LogP contribution in [0.4, 0.5) is 0 Å². The molecule has 0 atom stereocenters. The fourth-order valence-electron chi connectivity index (χ4n) is 4.75. The first-order valence-corrected chi connectivity index (χ1v) is 10.0. The van der Waals surface area contributed by atoms with E-state index in [2.05, 4.69) is 20.2 Å². The average Bonchev–Trinajstić information content (AvgIpc) is 3.39. The van der Waals surface area contributed by atoms with Crippen LogP contribution in [0.3, 0.4) is 0 Å². The van der Waals surface area contributed by atoms with E-state index in [0.29, 0.717) is 41.7 Å². The van der Waals surface area contributed by atoms with Crippen molar-refractivity contribution in [1.29, 1.82) is 0 Å². The van der Waals surface area contributed by atoms with Crippen molar-refractivity contribution in [2.24, 2.45) is 0 Å². The number of pyridine rings is 1. The van der Waals surface area contributed by atoms with E-state index in [9.17, 15) is 0 Å². The van der Waals surface area contributed by atoms with Gasteiger partial charge in [-0.15, -0.1) is 15.3 Å². The minimum atomic E-state index is 0.379. The molecule has 2 bridgehead atoms. The number of oxazole rings is 1. The fraction of sp³-hybridized carbons (Fsp3) is 0.381. The molecular formula is C21H20N6O2. The molecule has 0 aliphatic heterocycles. The Bertz CT molecular complexity index is 1190. The third kappa shape index (κ3) is 2.62. The molecule has 0 unspecified atom stereocenters. The quantitative estimate of drug-likeness (QED) is 0.525. The maximum Gasteiger partial charge on any atom is 0.236 e. The van der Waals surface area contributed by atoms with Crippen molar-refractivity contribution in [2.75, 3.05) is 0 Å². The second-order valence-electron chi connectivity index (χ2n) is 7.80. The van der Waals surface area contributed by atoms with Gasteiger partial charge >= 0.3 is 0 Å². The van der Waals surface area contributed by atoms with Crippen molar-refractivity contribution in [3.05, 3.63) is 53.4 Å². The van der Waals surface area contributed by atoms with Crippen LogP contribution in [-0.4, -0.2) is 29.8 Å². The van der Waals surface area contributed by atoms with E-state index in [4.69, 9.17) is 14.3 Å². The van der Waals surface area contributed by atoms with E-state index >= 15 is 0 Å². The van der Waals surface area contributed by atoms with Gasteiger partial charge in [-0.05, 0) is 49.7 Å². The summed E-state index contributed by atoms with van der Waals surface area (Å²) in [7, 11) is 0. The lowest BCUT2D eigenvalue weighted by molar-refractivity contribution is 0.265. The minimum absolute atomic E-state index is 0.379. The lowest BCUT2D eigenvalue weighted by atomic mass is 9.67. The van der Waals surface area contributed by atoms with Gasteiger partial charge in [-0.1, -0.05) is 6.07 Å². The molecule has 1 fully saturated rings. The zero-order chi connectivity index (χ0) is 19.4. The van der Waals surface area contributed by atoms with E-state index < -0.39 is 0 Å². The van der Waals surface area contributed by atoms with Crippen molar-refractivity contribution in [3.8, 4) is 17.4 Å². The molecule has 4 aromatic rings. The molecule has 3 aliphatic carbocycles. The Morgan fingerprint density at radius 1 is 1.10 bits per heavy atom. The summed E-state index contributed by atoms with van der Waals surface area (Å²) in [6.07, 6.45) is 8.09. The Hall–Kier alpha value is -3.29. The zero-order valence-electron chi connectivity index (χ0n) is 16.1. The van der Waals surface area contributed by atoms with Crippen LogP contribution in [0.15, 0.2) is 35.1 Å². The van der Waals surface area contributed by atoms with Gasteiger partial charge in [0.15, 0.2) is 11.5 Å². The lowest BCUT2D eigenvalue weighted by Crippen LogP contribution is -2.25. The van der Waals surface area contributed by atoms with Gasteiger partial charge in [-0.25, -0.2) is 4.98 Å². The van der Waals surface area contributed by atoms with Crippen LogP contribution in [-0.2, 0) is 6.61 Å². The first kappa shape index (κ1) is 16.6. The maximum absolute atomic E-state index is 6.22. The number of fused-ring (bicyclic) bond motifs is 3. The summed E-state index contributed by atoms with van der Waals surface area (Å²) in [6, 6.07) is 5.82. The number of rotatable bonds is 4. The van der Waals surface area contributed by atoms with Gasteiger partial charge in [0.1, 0.15) is 18.6 Å². The summed E-state index contributed by atoms with van der Waals surface area (Å²) in [5.74, 6) is 2.77. The smallest absolute Gasteiger partial charge is 0.236 e. The third-order valence-corrected chi connectivity index (χ3v) is 6.07.